The third kappa shape index (κ3) is 3.35. The van der Waals surface area contributed by atoms with Gasteiger partial charge in [0, 0.05) is 32.9 Å². The maximum Gasteiger partial charge on any atom is 0.255 e. The minimum Gasteiger partial charge on any atom is -0.341 e. The van der Waals surface area contributed by atoms with E-state index in [4.69, 9.17) is 0 Å². The molecule has 0 unspecified atom stereocenters. The fourth-order valence-corrected chi connectivity index (χ4v) is 1.98. The van der Waals surface area contributed by atoms with Crippen molar-refractivity contribution in [3.8, 4) is 0 Å². The standard InChI is InChI=1S/C16H18N2O2/c1-17(11-10-13-6-4-3-5-7-13)16(20)14-8-9-15(19)18(2)12-14/h3-9,12H,10-11H2,1-2H3. The SMILES string of the molecule is CN(CCc1ccccc1)C(=O)c1ccc(=O)n(C)c1. The number of rotatable bonds is 4. The number of pyridine rings is 1. The molecule has 20 heavy (non-hydrogen) atoms. The zero-order valence-electron chi connectivity index (χ0n) is 11.7. The van der Waals surface area contributed by atoms with E-state index in [2.05, 4.69) is 0 Å². The van der Waals surface area contributed by atoms with Gasteiger partial charge in [-0.15, -0.1) is 0 Å². The molecule has 104 valence electrons. The molecule has 0 atom stereocenters. The van der Waals surface area contributed by atoms with Crippen molar-refractivity contribution >= 4 is 5.91 Å². The zero-order chi connectivity index (χ0) is 14.5. The third-order valence-corrected chi connectivity index (χ3v) is 3.26. The summed E-state index contributed by atoms with van der Waals surface area (Å²) in [5, 5.41) is 0. The molecule has 0 saturated carbocycles. The lowest BCUT2D eigenvalue weighted by Crippen LogP contribution is -2.30. The summed E-state index contributed by atoms with van der Waals surface area (Å²) in [6.07, 6.45) is 2.39. The third-order valence-electron chi connectivity index (χ3n) is 3.26. The highest BCUT2D eigenvalue weighted by molar-refractivity contribution is 5.93. The van der Waals surface area contributed by atoms with Gasteiger partial charge < -0.3 is 9.47 Å². The Morgan fingerprint density at radius 2 is 1.85 bits per heavy atom. The first-order chi connectivity index (χ1) is 9.58. The van der Waals surface area contributed by atoms with Gasteiger partial charge in [-0.3, -0.25) is 9.59 Å². The van der Waals surface area contributed by atoms with E-state index in [1.54, 1.807) is 31.3 Å². The van der Waals surface area contributed by atoms with E-state index in [1.807, 2.05) is 30.3 Å². The molecule has 0 fully saturated rings. The number of carbonyl (C=O) groups is 1. The average Bonchev–Trinajstić information content (AvgIpc) is 2.48. The number of hydrogen-bond acceptors (Lipinski definition) is 2. The second-order valence-corrected chi connectivity index (χ2v) is 4.83. The van der Waals surface area contributed by atoms with Gasteiger partial charge in [-0.2, -0.15) is 0 Å². The minimum absolute atomic E-state index is 0.0727. The van der Waals surface area contributed by atoms with Gasteiger partial charge in [0.1, 0.15) is 0 Å². The molecule has 0 spiro atoms. The van der Waals surface area contributed by atoms with Crippen LogP contribution in [0.1, 0.15) is 15.9 Å². The molecular weight excluding hydrogens is 252 g/mol. The molecule has 0 N–H and O–H groups in total. The highest BCUT2D eigenvalue weighted by Crippen LogP contribution is 2.04. The molecule has 0 aliphatic heterocycles. The summed E-state index contributed by atoms with van der Waals surface area (Å²) in [5.41, 5.74) is 1.61. The van der Waals surface area contributed by atoms with Crippen LogP contribution in [0.3, 0.4) is 0 Å². The van der Waals surface area contributed by atoms with Crippen LogP contribution in [0.2, 0.25) is 0 Å². The fourth-order valence-electron chi connectivity index (χ4n) is 1.98. The number of likely N-dealkylation sites (N-methyl/N-ethyl adjacent to an activating group) is 1. The van der Waals surface area contributed by atoms with Crippen LogP contribution in [-0.4, -0.2) is 29.0 Å². The first-order valence-electron chi connectivity index (χ1n) is 6.54. The van der Waals surface area contributed by atoms with E-state index in [0.717, 1.165) is 6.42 Å². The van der Waals surface area contributed by atoms with Crippen molar-refractivity contribution in [3.63, 3.8) is 0 Å². The average molecular weight is 270 g/mol. The van der Waals surface area contributed by atoms with Crippen LogP contribution in [0.5, 0.6) is 0 Å². The van der Waals surface area contributed by atoms with Crippen molar-refractivity contribution in [2.75, 3.05) is 13.6 Å². The molecule has 0 saturated heterocycles. The van der Waals surface area contributed by atoms with E-state index in [9.17, 15) is 9.59 Å². The molecule has 0 aliphatic rings. The second-order valence-electron chi connectivity index (χ2n) is 4.83. The number of aromatic nitrogens is 1. The van der Waals surface area contributed by atoms with E-state index in [1.165, 1.54) is 16.2 Å². The molecule has 4 nitrogen and oxygen atoms in total. The van der Waals surface area contributed by atoms with Gasteiger partial charge in [0.05, 0.1) is 5.56 Å². The first-order valence-corrected chi connectivity index (χ1v) is 6.54. The van der Waals surface area contributed by atoms with E-state index < -0.39 is 0 Å². The van der Waals surface area contributed by atoms with Crippen LogP contribution < -0.4 is 5.56 Å². The molecule has 1 amide bonds. The van der Waals surface area contributed by atoms with E-state index in [-0.39, 0.29) is 11.5 Å². The molecule has 0 radical (unpaired) electrons. The maximum atomic E-state index is 12.2. The van der Waals surface area contributed by atoms with Crippen LogP contribution in [-0.2, 0) is 13.5 Å². The maximum absolute atomic E-state index is 12.2. The lowest BCUT2D eigenvalue weighted by Gasteiger charge is -2.17. The van der Waals surface area contributed by atoms with Gasteiger partial charge in [-0.25, -0.2) is 0 Å². The minimum atomic E-state index is -0.117. The molecular formula is C16H18N2O2. The zero-order valence-corrected chi connectivity index (χ0v) is 11.7. The Hall–Kier alpha value is -2.36. The Morgan fingerprint density at radius 3 is 2.50 bits per heavy atom. The Balaban J connectivity index is 2.01. The summed E-state index contributed by atoms with van der Waals surface area (Å²) >= 11 is 0. The van der Waals surface area contributed by atoms with E-state index >= 15 is 0 Å². The van der Waals surface area contributed by atoms with Crippen LogP contribution in [0.25, 0.3) is 0 Å². The summed E-state index contributed by atoms with van der Waals surface area (Å²) in [5.74, 6) is -0.0727. The van der Waals surface area contributed by atoms with Crippen LogP contribution >= 0.6 is 0 Å². The van der Waals surface area contributed by atoms with Gasteiger partial charge in [0.2, 0.25) is 5.56 Å². The smallest absolute Gasteiger partial charge is 0.255 e. The second kappa shape index (κ2) is 6.19. The molecule has 4 heteroatoms. The first kappa shape index (κ1) is 14.1. The summed E-state index contributed by atoms with van der Waals surface area (Å²) in [6.45, 7) is 0.645. The van der Waals surface area contributed by atoms with Gasteiger partial charge in [-0.05, 0) is 18.1 Å². The lowest BCUT2D eigenvalue weighted by atomic mass is 10.1. The largest absolute Gasteiger partial charge is 0.341 e. The molecule has 0 aliphatic carbocycles. The number of nitrogens with zero attached hydrogens (tertiary/aromatic N) is 2. The molecule has 0 bridgehead atoms. The summed E-state index contributed by atoms with van der Waals surface area (Å²) in [7, 11) is 3.42. The number of carbonyl (C=O) groups excluding carboxylic acids is 1. The van der Waals surface area contributed by atoms with Crippen molar-refractivity contribution < 1.29 is 4.79 Å². The van der Waals surface area contributed by atoms with Gasteiger partial charge in [-0.1, -0.05) is 30.3 Å². The van der Waals surface area contributed by atoms with Crippen molar-refractivity contribution in [2.45, 2.75) is 6.42 Å². The molecule has 1 aromatic heterocycles. The lowest BCUT2D eigenvalue weighted by molar-refractivity contribution is 0.0795. The van der Waals surface area contributed by atoms with Crippen molar-refractivity contribution in [3.05, 3.63) is 70.1 Å². The van der Waals surface area contributed by atoms with Crippen molar-refractivity contribution in [2.24, 2.45) is 7.05 Å². The Morgan fingerprint density at radius 1 is 1.15 bits per heavy atom. The molecule has 1 heterocycles. The summed E-state index contributed by atoms with van der Waals surface area (Å²) in [6, 6.07) is 13.0. The predicted octanol–water partition coefficient (Wildman–Crippen LogP) is 1.70. The van der Waals surface area contributed by atoms with Crippen molar-refractivity contribution in [1.29, 1.82) is 0 Å². The number of benzene rings is 1. The Kier molecular flexibility index (Phi) is 4.35. The summed E-state index contributed by atoms with van der Waals surface area (Å²) < 4.78 is 1.41. The highest BCUT2D eigenvalue weighted by atomic mass is 16.2. The summed E-state index contributed by atoms with van der Waals surface area (Å²) in [4.78, 5) is 25.2. The number of aryl methyl sites for hydroxylation is 1. The number of amides is 1. The van der Waals surface area contributed by atoms with Gasteiger partial charge >= 0.3 is 0 Å². The fraction of sp³-hybridized carbons (Fsp3) is 0.250. The number of hydrogen-bond donors (Lipinski definition) is 0. The normalized spacial score (nSPS) is 10.3. The van der Waals surface area contributed by atoms with Crippen molar-refractivity contribution in [1.82, 2.24) is 9.47 Å². The topological polar surface area (TPSA) is 42.3 Å². The highest BCUT2D eigenvalue weighted by Gasteiger charge is 2.12. The molecule has 1 aromatic carbocycles. The van der Waals surface area contributed by atoms with Gasteiger partial charge in [0.15, 0.2) is 0 Å². The van der Waals surface area contributed by atoms with Gasteiger partial charge in [0.25, 0.3) is 5.91 Å². The Labute approximate surface area is 118 Å². The molecule has 2 rings (SSSR count). The van der Waals surface area contributed by atoms with Crippen LogP contribution in [0, 0.1) is 0 Å². The quantitative estimate of drug-likeness (QED) is 0.848. The monoisotopic (exact) mass is 270 g/mol. The van der Waals surface area contributed by atoms with E-state index in [0.29, 0.717) is 12.1 Å². The Bertz CT molecular complexity index is 647. The van der Waals surface area contributed by atoms with Crippen LogP contribution in [0.15, 0.2) is 53.5 Å². The predicted molar refractivity (Wildman–Crippen MR) is 78.8 cm³/mol. The van der Waals surface area contributed by atoms with Crippen LogP contribution in [0.4, 0.5) is 0 Å². The molecule has 2 aromatic rings.